The Morgan fingerprint density at radius 1 is 1.19 bits per heavy atom. The van der Waals surface area contributed by atoms with Crippen molar-refractivity contribution in [1.29, 1.82) is 0 Å². The number of aromatic amines is 1. The van der Waals surface area contributed by atoms with Gasteiger partial charge in [-0.1, -0.05) is 6.07 Å². The predicted octanol–water partition coefficient (Wildman–Crippen LogP) is 3.61. The summed E-state index contributed by atoms with van der Waals surface area (Å²) in [7, 11) is 0. The lowest BCUT2D eigenvalue weighted by atomic mass is 9.90. The summed E-state index contributed by atoms with van der Waals surface area (Å²) < 4.78 is 42.1. The quantitative estimate of drug-likeness (QED) is 0.400. The molecule has 3 aromatic heterocycles. The summed E-state index contributed by atoms with van der Waals surface area (Å²) in [5, 5.41) is 17.4. The number of halogens is 3. The van der Waals surface area contributed by atoms with Gasteiger partial charge in [0.1, 0.15) is 5.52 Å². The van der Waals surface area contributed by atoms with Crippen LogP contribution < -0.4 is 10.5 Å². The summed E-state index contributed by atoms with van der Waals surface area (Å²) in [6, 6.07) is 5.19. The molecule has 5 rings (SSSR count). The Morgan fingerprint density at radius 2 is 1.92 bits per heavy atom. The zero-order valence-electron chi connectivity index (χ0n) is 19.6. The molecule has 14 heteroatoms. The van der Waals surface area contributed by atoms with Gasteiger partial charge in [-0.2, -0.15) is 36.9 Å². The molecule has 0 saturated carbocycles. The van der Waals surface area contributed by atoms with Gasteiger partial charge in [-0.05, 0) is 43.9 Å². The third-order valence-corrected chi connectivity index (χ3v) is 6.64. The van der Waals surface area contributed by atoms with Gasteiger partial charge in [0, 0.05) is 25.0 Å². The molecule has 4 aromatic rings. The molecule has 196 valence electrons. The van der Waals surface area contributed by atoms with Gasteiger partial charge in [0.25, 0.3) is 5.56 Å². The fourth-order valence-electron chi connectivity index (χ4n) is 4.64. The third-order valence-electron chi connectivity index (χ3n) is 6.64. The molecule has 2 N–H and O–H groups in total. The van der Waals surface area contributed by atoms with Crippen molar-refractivity contribution in [2.45, 2.75) is 32.0 Å². The number of carbonyl (C=O) groups is 1. The molecule has 1 saturated heterocycles. The van der Waals surface area contributed by atoms with Gasteiger partial charge in [-0.3, -0.25) is 14.5 Å². The molecule has 0 amide bonds. The first-order valence-electron chi connectivity index (χ1n) is 11.3. The molecule has 0 unspecified atom stereocenters. The number of nitrogens with zero attached hydrogens (tertiary/aromatic N) is 6. The maximum absolute atomic E-state index is 13.1. The number of carboxylic acids is 1. The Hall–Kier alpha value is -3.81. The summed E-state index contributed by atoms with van der Waals surface area (Å²) >= 11 is 0. The lowest BCUT2D eigenvalue weighted by molar-refractivity contribution is -0.137. The van der Waals surface area contributed by atoms with E-state index >= 15 is 0 Å². The van der Waals surface area contributed by atoms with Gasteiger partial charge in [-0.25, -0.2) is 14.5 Å². The highest BCUT2D eigenvalue weighted by Gasteiger charge is 2.32. The molecule has 0 spiro atoms. The molecular formula is C23H24F3N7O3S. The van der Waals surface area contributed by atoms with Gasteiger partial charge in [0.2, 0.25) is 5.95 Å². The number of carboxylic acid groups (broad SMARTS) is 1. The van der Waals surface area contributed by atoms with E-state index in [0.717, 1.165) is 12.3 Å². The van der Waals surface area contributed by atoms with Gasteiger partial charge in [0.05, 0.1) is 29.6 Å². The first-order valence-corrected chi connectivity index (χ1v) is 11.3. The number of benzene rings is 1. The number of hydrogen-bond donors (Lipinski definition) is 2. The molecule has 1 aliphatic rings. The number of piperidine rings is 1. The SMILES string of the molecule is C[C@@H](C1CCN(c2cccc(C(F)(F)F)c2)CC1)n1ncc2nc(-n3cc(C(=O)O)cn3)[nH]c(=O)c21.S. The molecule has 10 nitrogen and oxygen atoms in total. The van der Waals surface area contributed by atoms with Crippen LogP contribution in [0.5, 0.6) is 0 Å². The molecule has 0 radical (unpaired) electrons. The standard InChI is InChI=1S/C23H22F3N7O3.H2S/c1-13(14-5-7-31(8-6-14)17-4-2-3-16(9-17)23(24,25)26)33-19-18(11-28-33)29-22(30-20(19)34)32-12-15(10-27-32)21(35)36;/h2-4,9-14H,5-8H2,1H3,(H,35,36)(H,29,30,34);1H2/t13-;/m0./s1. The van der Waals surface area contributed by atoms with Crippen molar-refractivity contribution >= 4 is 36.2 Å². The zero-order chi connectivity index (χ0) is 25.6. The fourth-order valence-corrected chi connectivity index (χ4v) is 4.64. The van der Waals surface area contributed by atoms with Crippen LogP contribution in [0.25, 0.3) is 17.0 Å². The monoisotopic (exact) mass is 535 g/mol. The number of aromatic carboxylic acids is 1. The van der Waals surface area contributed by atoms with Crippen molar-refractivity contribution in [3.8, 4) is 5.95 Å². The highest BCUT2D eigenvalue weighted by Crippen LogP contribution is 2.35. The highest BCUT2D eigenvalue weighted by atomic mass is 32.1. The highest BCUT2D eigenvalue weighted by molar-refractivity contribution is 7.59. The Balaban J connectivity index is 0.00000320. The summed E-state index contributed by atoms with van der Waals surface area (Å²) in [5.41, 5.74) is 0.0235. The number of nitrogens with one attached hydrogen (secondary N) is 1. The van der Waals surface area contributed by atoms with E-state index in [4.69, 9.17) is 5.11 Å². The van der Waals surface area contributed by atoms with Gasteiger partial charge in [0.15, 0.2) is 5.52 Å². The molecule has 0 bridgehead atoms. The van der Waals surface area contributed by atoms with Crippen LogP contribution in [0.1, 0.15) is 41.7 Å². The minimum absolute atomic E-state index is 0. The fraction of sp³-hybridized carbons (Fsp3) is 0.348. The molecule has 37 heavy (non-hydrogen) atoms. The first kappa shape index (κ1) is 26.3. The van der Waals surface area contributed by atoms with Crippen LogP contribution in [0.4, 0.5) is 18.9 Å². The van der Waals surface area contributed by atoms with E-state index in [1.165, 1.54) is 29.2 Å². The van der Waals surface area contributed by atoms with Crippen molar-refractivity contribution < 1.29 is 23.1 Å². The molecule has 1 aromatic carbocycles. The molecule has 0 aliphatic carbocycles. The molecule has 4 heterocycles. The molecular weight excluding hydrogens is 511 g/mol. The second kappa shape index (κ2) is 9.92. The maximum Gasteiger partial charge on any atom is 0.416 e. The van der Waals surface area contributed by atoms with Crippen LogP contribution in [-0.2, 0) is 6.18 Å². The van der Waals surface area contributed by atoms with Crippen molar-refractivity contribution in [2.75, 3.05) is 18.0 Å². The molecule has 1 aliphatic heterocycles. The van der Waals surface area contributed by atoms with E-state index in [1.807, 2.05) is 11.8 Å². The second-order valence-electron chi connectivity index (χ2n) is 8.80. The van der Waals surface area contributed by atoms with Crippen LogP contribution in [0.15, 0.2) is 47.7 Å². The predicted molar refractivity (Wildman–Crippen MR) is 134 cm³/mol. The van der Waals surface area contributed by atoms with E-state index in [2.05, 4.69) is 20.2 Å². The summed E-state index contributed by atoms with van der Waals surface area (Å²) in [5.74, 6) is -0.925. The summed E-state index contributed by atoms with van der Waals surface area (Å²) in [6.45, 7) is 3.12. The average Bonchev–Trinajstić information content (AvgIpc) is 3.51. The first-order chi connectivity index (χ1) is 17.1. The number of H-pyrrole nitrogens is 1. The van der Waals surface area contributed by atoms with Crippen molar-refractivity contribution in [3.05, 3.63) is 64.3 Å². The van der Waals surface area contributed by atoms with Crippen LogP contribution in [0.2, 0.25) is 0 Å². The van der Waals surface area contributed by atoms with E-state index in [0.29, 0.717) is 37.1 Å². The molecule has 1 fully saturated rings. The van der Waals surface area contributed by atoms with E-state index in [9.17, 15) is 22.8 Å². The number of anilines is 1. The smallest absolute Gasteiger partial charge is 0.416 e. The van der Waals surface area contributed by atoms with Crippen LogP contribution in [-0.4, -0.2) is 53.7 Å². The van der Waals surface area contributed by atoms with Crippen LogP contribution >= 0.6 is 13.5 Å². The minimum Gasteiger partial charge on any atom is -0.478 e. The van der Waals surface area contributed by atoms with Gasteiger partial charge < -0.3 is 10.0 Å². The van der Waals surface area contributed by atoms with Crippen LogP contribution in [0, 0.1) is 5.92 Å². The number of fused-ring (bicyclic) bond motifs is 1. The van der Waals surface area contributed by atoms with E-state index in [-0.39, 0.29) is 42.5 Å². The Bertz CT molecular complexity index is 1490. The Labute approximate surface area is 215 Å². The van der Waals surface area contributed by atoms with E-state index in [1.54, 1.807) is 10.7 Å². The zero-order valence-corrected chi connectivity index (χ0v) is 20.6. The number of hydrogen-bond acceptors (Lipinski definition) is 6. The topological polar surface area (TPSA) is 122 Å². The Morgan fingerprint density at radius 3 is 2.57 bits per heavy atom. The summed E-state index contributed by atoms with van der Waals surface area (Å²) in [6.07, 6.45) is 0.924. The Kier molecular flexibility index (Phi) is 7.04. The van der Waals surface area contributed by atoms with E-state index < -0.39 is 23.3 Å². The van der Waals surface area contributed by atoms with Crippen molar-refractivity contribution in [1.82, 2.24) is 29.5 Å². The lowest BCUT2D eigenvalue weighted by Crippen LogP contribution is -2.36. The average molecular weight is 536 g/mol. The van der Waals surface area contributed by atoms with Crippen molar-refractivity contribution in [2.24, 2.45) is 5.92 Å². The van der Waals surface area contributed by atoms with Crippen molar-refractivity contribution in [3.63, 3.8) is 0 Å². The number of rotatable bonds is 5. The van der Waals surface area contributed by atoms with Gasteiger partial charge in [-0.15, -0.1) is 0 Å². The second-order valence-corrected chi connectivity index (χ2v) is 8.80. The minimum atomic E-state index is -4.39. The third kappa shape index (κ3) is 5.05. The van der Waals surface area contributed by atoms with Crippen LogP contribution in [0.3, 0.4) is 0 Å². The maximum atomic E-state index is 13.1. The normalized spacial score (nSPS) is 15.5. The molecule has 1 atom stereocenters. The summed E-state index contributed by atoms with van der Waals surface area (Å²) in [4.78, 5) is 33.0. The number of alkyl halides is 3. The lowest BCUT2D eigenvalue weighted by Gasteiger charge is -2.36. The largest absolute Gasteiger partial charge is 0.478 e. The van der Waals surface area contributed by atoms with Gasteiger partial charge >= 0.3 is 12.1 Å². The number of aromatic nitrogens is 6.